The van der Waals surface area contributed by atoms with Gasteiger partial charge in [-0.05, 0) is 26.0 Å². The fraction of sp³-hybridized carbons (Fsp3) is 0.333. The highest BCUT2D eigenvalue weighted by Gasteiger charge is 2.22. The number of alkyl halides is 1. The molecule has 1 heterocycles. The molecule has 0 saturated carbocycles. The second-order valence-corrected chi connectivity index (χ2v) is 5.38. The Kier molecular flexibility index (Phi) is 4.38. The van der Waals surface area contributed by atoms with Crippen molar-refractivity contribution in [3.63, 3.8) is 0 Å². The summed E-state index contributed by atoms with van der Waals surface area (Å²) in [6.07, 6.45) is 0. The van der Waals surface area contributed by atoms with Crippen molar-refractivity contribution in [3.05, 3.63) is 46.7 Å². The van der Waals surface area contributed by atoms with Gasteiger partial charge in [-0.15, -0.1) is 0 Å². The van der Waals surface area contributed by atoms with Crippen LogP contribution in [0.25, 0.3) is 0 Å². The molecule has 3 nitrogen and oxygen atoms in total. The van der Waals surface area contributed by atoms with Crippen molar-refractivity contribution >= 4 is 15.9 Å². The third kappa shape index (κ3) is 2.68. The number of hydrogen-bond donors (Lipinski definition) is 0. The third-order valence-electron chi connectivity index (χ3n) is 3.13. The average molecular weight is 343 g/mol. The summed E-state index contributed by atoms with van der Waals surface area (Å²) in [6.45, 7) is 3.72. The third-order valence-corrected chi connectivity index (χ3v) is 4.11. The Balaban J connectivity index is 2.49. The summed E-state index contributed by atoms with van der Waals surface area (Å²) >= 11 is 3.52. The van der Waals surface area contributed by atoms with Crippen molar-refractivity contribution in [1.29, 1.82) is 0 Å². The molecule has 5 heteroatoms. The Bertz CT molecular complexity index is 622. The van der Waals surface area contributed by atoms with E-state index in [9.17, 15) is 4.39 Å². The van der Waals surface area contributed by atoms with Crippen molar-refractivity contribution in [1.82, 2.24) is 0 Å². The number of halogens is 2. The maximum Gasteiger partial charge on any atom is 0.163 e. The monoisotopic (exact) mass is 342 g/mol. The first-order valence-corrected chi connectivity index (χ1v) is 7.02. The zero-order chi connectivity index (χ0) is 14.9. The van der Waals surface area contributed by atoms with Crippen molar-refractivity contribution in [2.24, 2.45) is 0 Å². The SMILES string of the molecule is COc1cc(F)c(C(Br)c2cc(C)oc2C)cc1OC. The van der Waals surface area contributed by atoms with Gasteiger partial charge in [-0.25, -0.2) is 4.39 Å². The van der Waals surface area contributed by atoms with Gasteiger partial charge in [0.05, 0.1) is 19.0 Å². The molecular weight excluding hydrogens is 327 g/mol. The van der Waals surface area contributed by atoms with Gasteiger partial charge in [0, 0.05) is 17.2 Å². The van der Waals surface area contributed by atoms with Crippen LogP contribution in [0.4, 0.5) is 4.39 Å². The highest BCUT2D eigenvalue weighted by atomic mass is 79.9. The van der Waals surface area contributed by atoms with Gasteiger partial charge in [-0.1, -0.05) is 15.9 Å². The first-order valence-electron chi connectivity index (χ1n) is 6.10. The number of benzene rings is 1. The molecule has 0 aliphatic carbocycles. The van der Waals surface area contributed by atoms with Gasteiger partial charge in [0.2, 0.25) is 0 Å². The van der Waals surface area contributed by atoms with E-state index in [0.29, 0.717) is 17.1 Å². The molecule has 0 spiro atoms. The minimum absolute atomic E-state index is 0.306. The number of methoxy groups -OCH3 is 2. The quantitative estimate of drug-likeness (QED) is 0.764. The van der Waals surface area contributed by atoms with E-state index in [1.807, 2.05) is 19.9 Å². The molecule has 0 bridgehead atoms. The molecule has 2 rings (SSSR count). The molecule has 0 N–H and O–H groups in total. The molecule has 1 unspecified atom stereocenters. The smallest absolute Gasteiger partial charge is 0.163 e. The molecule has 0 amide bonds. The second kappa shape index (κ2) is 5.87. The number of hydrogen-bond acceptors (Lipinski definition) is 3. The van der Waals surface area contributed by atoms with Crippen LogP contribution in [-0.2, 0) is 0 Å². The van der Waals surface area contributed by atoms with Crippen LogP contribution in [0.5, 0.6) is 11.5 Å². The first-order chi connectivity index (χ1) is 9.47. The van der Waals surface area contributed by atoms with Gasteiger partial charge in [0.15, 0.2) is 11.5 Å². The van der Waals surface area contributed by atoms with E-state index in [4.69, 9.17) is 13.9 Å². The minimum atomic E-state index is -0.359. The van der Waals surface area contributed by atoms with Crippen molar-refractivity contribution in [3.8, 4) is 11.5 Å². The molecule has 1 atom stereocenters. The van der Waals surface area contributed by atoms with Crippen molar-refractivity contribution < 1.29 is 18.3 Å². The van der Waals surface area contributed by atoms with E-state index in [1.165, 1.54) is 20.3 Å². The van der Waals surface area contributed by atoms with E-state index < -0.39 is 0 Å². The normalized spacial score (nSPS) is 12.3. The summed E-state index contributed by atoms with van der Waals surface area (Å²) in [6, 6.07) is 4.85. The van der Waals surface area contributed by atoms with E-state index in [1.54, 1.807) is 6.07 Å². The van der Waals surface area contributed by atoms with E-state index in [-0.39, 0.29) is 10.6 Å². The van der Waals surface area contributed by atoms with Gasteiger partial charge < -0.3 is 13.9 Å². The van der Waals surface area contributed by atoms with Gasteiger partial charge in [-0.3, -0.25) is 0 Å². The van der Waals surface area contributed by atoms with E-state index >= 15 is 0 Å². The summed E-state index contributed by atoms with van der Waals surface area (Å²) in [5.74, 6) is 2.06. The Hall–Kier alpha value is -1.49. The number of ether oxygens (including phenoxy) is 2. The zero-order valence-corrected chi connectivity index (χ0v) is 13.4. The lowest BCUT2D eigenvalue weighted by molar-refractivity contribution is 0.351. The standard InChI is InChI=1S/C15H16BrFO3/c1-8-5-10(9(2)20-8)15(16)11-6-13(18-3)14(19-4)7-12(11)17/h5-7,15H,1-4H3. The molecule has 0 aliphatic heterocycles. The van der Waals surface area contributed by atoms with E-state index in [2.05, 4.69) is 15.9 Å². The predicted octanol–water partition coefficient (Wildman–Crippen LogP) is 4.54. The minimum Gasteiger partial charge on any atom is -0.493 e. The molecule has 0 radical (unpaired) electrons. The zero-order valence-electron chi connectivity index (χ0n) is 11.8. The maximum absolute atomic E-state index is 14.2. The molecular formula is C15H16BrFO3. The largest absolute Gasteiger partial charge is 0.493 e. The van der Waals surface area contributed by atoms with Crippen LogP contribution in [0.2, 0.25) is 0 Å². The second-order valence-electron chi connectivity index (χ2n) is 4.46. The Morgan fingerprint density at radius 3 is 2.15 bits per heavy atom. The van der Waals surface area contributed by atoms with Gasteiger partial charge >= 0.3 is 0 Å². The molecule has 20 heavy (non-hydrogen) atoms. The molecule has 0 saturated heterocycles. The highest BCUT2D eigenvalue weighted by Crippen LogP contribution is 2.40. The summed E-state index contributed by atoms with van der Waals surface area (Å²) in [5, 5.41) is 0. The Morgan fingerprint density at radius 1 is 1.05 bits per heavy atom. The predicted molar refractivity (Wildman–Crippen MR) is 78.5 cm³/mol. The Labute approximate surface area is 125 Å². The van der Waals surface area contributed by atoms with Crippen LogP contribution >= 0.6 is 15.9 Å². The molecule has 0 fully saturated rings. The van der Waals surface area contributed by atoms with Crippen LogP contribution in [-0.4, -0.2) is 14.2 Å². The number of rotatable bonds is 4. The van der Waals surface area contributed by atoms with Crippen LogP contribution in [0.3, 0.4) is 0 Å². The van der Waals surface area contributed by atoms with Crippen molar-refractivity contribution in [2.45, 2.75) is 18.7 Å². The van der Waals surface area contributed by atoms with Crippen LogP contribution in [0.15, 0.2) is 22.6 Å². The van der Waals surface area contributed by atoms with Gasteiger partial charge in [0.25, 0.3) is 0 Å². The van der Waals surface area contributed by atoms with Gasteiger partial charge in [0.1, 0.15) is 17.3 Å². The lowest BCUT2D eigenvalue weighted by Gasteiger charge is -2.14. The molecule has 1 aromatic heterocycles. The van der Waals surface area contributed by atoms with Gasteiger partial charge in [-0.2, -0.15) is 0 Å². The fourth-order valence-electron chi connectivity index (χ4n) is 2.13. The Morgan fingerprint density at radius 2 is 1.65 bits per heavy atom. The molecule has 1 aromatic carbocycles. The molecule has 2 aromatic rings. The highest BCUT2D eigenvalue weighted by molar-refractivity contribution is 9.09. The first kappa shape index (κ1) is 14.9. The number of aryl methyl sites for hydroxylation is 2. The summed E-state index contributed by atoms with van der Waals surface area (Å²) < 4.78 is 30.0. The van der Waals surface area contributed by atoms with Crippen LogP contribution in [0.1, 0.15) is 27.5 Å². The average Bonchev–Trinajstić information content (AvgIpc) is 2.76. The number of furan rings is 1. The van der Waals surface area contributed by atoms with E-state index in [0.717, 1.165) is 17.1 Å². The summed E-state index contributed by atoms with van der Waals surface area (Å²) in [4.78, 5) is -0.306. The van der Waals surface area contributed by atoms with Crippen LogP contribution < -0.4 is 9.47 Å². The maximum atomic E-state index is 14.2. The topological polar surface area (TPSA) is 31.6 Å². The van der Waals surface area contributed by atoms with Crippen LogP contribution in [0, 0.1) is 19.7 Å². The fourth-order valence-corrected chi connectivity index (χ4v) is 2.94. The molecule has 0 aliphatic rings. The van der Waals surface area contributed by atoms with Crippen molar-refractivity contribution in [2.75, 3.05) is 14.2 Å². The summed E-state index contributed by atoms with van der Waals surface area (Å²) in [5.41, 5.74) is 1.38. The summed E-state index contributed by atoms with van der Waals surface area (Å²) in [7, 11) is 3.00. The molecule has 108 valence electrons. The lowest BCUT2D eigenvalue weighted by Crippen LogP contribution is -2.00. The lowest BCUT2D eigenvalue weighted by atomic mass is 10.0.